The molecule has 2 fully saturated rings. The SMILES string of the molecule is CCC(C)C(C)NC1C2CCCC1CN(C(C)C)C2. The summed E-state index contributed by atoms with van der Waals surface area (Å²) in [5, 5.41) is 4.00. The highest BCUT2D eigenvalue weighted by Gasteiger charge is 2.40. The Balaban J connectivity index is 1.98. The number of likely N-dealkylation sites (tertiary alicyclic amines) is 1. The molecule has 0 aromatic heterocycles. The van der Waals surface area contributed by atoms with E-state index >= 15 is 0 Å². The molecule has 1 aliphatic heterocycles. The third kappa shape index (κ3) is 3.52. The Bertz CT molecular complexity index is 262. The lowest BCUT2D eigenvalue weighted by Crippen LogP contribution is -2.60. The molecule has 2 rings (SSSR count). The molecule has 4 atom stereocenters. The quantitative estimate of drug-likeness (QED) is 0.819. The van der Waals surface area contributed by atoms with Crippen molar-refractivity contribution >= 4 is 0 Å². The summed E-state index contributed by atoms with van der Waals surface area (Å²) < 4.78 is 0. The standard InChI is InChI=1S/C17H34N2/c1-6-13(4)14(5)18-17-15-8-7-9-16(17)11-19(10-15)12(2)3/h12-18H,6-11H2,1-5H3. The fraction of sp³-hybridized carbons (Fsp3) is 1.00. The molecule has 0 radical (unpaired) electrons. The predicted octanol–water partition coefficient (Wildman–Crippen LogP) is 3.52. The number of hydrogen-bond acceptors (Lipinski definition) is 2. The first-order valence-corrected chi connectivity index (χ1v) is 8.53. The molecule has 0 amide bonds. The van der Waals surface area contributed by atoms with Crippen molar-refractivity contribution in [1.82, 2.24) is 10.2 Å². The van der Waals surface area contributed by atoms with E-state index in [9.17, 15) is 0 Å². The predicted molar refractivity (Wildman–Crippen MR) is 83.4 cm³/mol. The van der Waals surface area contributed by atoms with Gasteiger partial charge in [0.1, 0.15) is 0 Å². The van der Waals surface area contributed by atoms with Crippen molar-refractivity contribution in [2.45, 2.75) is 78.4 Å². The van der Waals surface area contributed by atoms with Crippen LogP contribution in [-0.2, 0) is 0 Å². The van der Waals surface area contributed by atoms with Crippen LogP contribution < -0.4 is 5.32 Å². The second-order valence-electron chi connectivity index (χ2n) is 7.37. The summed E-state index contributed by atoms with van der Waals surface area (Å²) in [7, 11) is 0. The van der Waals surface area contributed by atoms with Crippen LogP contribution in [0.4, 0.5) is 0 Å². The van der Waals surface area contributed by atoms with Gasteiger partial charge in [0, 0.05) is 31.2 Å². The van der Waals surface area contributed by atoms with E-state index in [0.717, 1.165) is 29.8 Å². The van der Waals surface area contributed by atoms with Crippen molar-refractivity contribution in [3.05, 3.63) is 0 Å². The Labute approximate surface area is 120 Å². The van der Waals surface area contributed by atoms with Gasteiger partial charge in [0.25, 0.3) is 0 Å². The van der Waals surface area contributed by atoms with Gasteiger partial charge in [-0.3, -0.25) is 0 Å². The van der Waals surface area contributed by atoms with Crippen LogP contribution in [0.25, 0.3) is 0 Å². The maximum Gasteiger partial charge on any atom is 0.0151 e. The summed E-state index contributed by atoms with van der Waals surface area (Å²) >= 11 is 0. The molecule has 2 aliphatic rings. The molecule has 2 heteroatoms. The lowest BCUT2D eigenvalue weighted by atomic mass is 9.72. The van der Waals surface area contributed by atoms with Gasteiger partial charge in [-0.25, -0.2) is 0 Å². The van der Waals surface area contributed by atoms with Crippen LogP contribution in [0.5, 0.6) is 0 Å². The molecule has 2 bridgehead atoms. The summed E-state index contributed by atoms with van der Waals surface area (Å²) in [6, 6.07) is 2.17. The van der Waals surface area contributed by atoms with Gasteiger partial charge in [-0.05, 0) is 51.4 Å². The number of hydrogen-bond donors (Lipinski definition) is 1. The average molecular weight is 266 g/mol. The van der Waals surface area contributed by atoms with E-state index in [1.807, 2.05) is 0 Å². The number of fused-ring (bicyclic) bond motifs is 2. The zero-order chi connectivity index (χ0) is 14.0. The van der Waals surface area contributed by atoms with Gasteiger partial charge in [-0.2, -0.15) is 0 Å². The molecular formula is C17H34N2. The van der Waals surface area contributed by atoms with Crippen molar-refractivity contribution in [1.29, 1.82) is 0 Å². The van der Waals surface area contributed by atoms with E-state index in [1.165, 1.54) is 38.8 Å². The Hall–Kier alpha value is -0.0800. The first-order chi connectivity index (χ1) is 9.02. The normalized spacial score (nSPS) is 35.4. The van der Waals surface area contributed by atoms with E-state index in [2.05, 4.69) is 44.8 Å². The summed E-state index contributed by atoms with van der Waals surface area (Å²) in [6.07, 6.45) is 5.61. The molecule has 0 spiro atoms. The molecular weight excluding hydrogens is 232 g/mol. The minimum Gasteiger partial charge on any atom is -0.311 e. The lowest BCUT2D eigenvalue weighted by molar-refractivity contribution is 0.0230. The van der Waals surface area contributed by atoms with Gasteiger partial charge in [0.2, 0.25) is 0 Å². The molecule has 1 aliphatic carbocycles. The van der Waals surface area contributed by atoms with Gasteiger partial charge < -0.3 is 10.2 Å². The largest absolute Gasteiger partial charge is 0.311 e. The molecule has 1 N–H and O–H groups in total. The number of nitrogens with zero attached hydrogens (tertiary/aromatic N) is 1. The Morgan fingerprint density at radius 3 is 2.11 bits per heavy atom. The molecule has 1 saturated heterocycles. The van der Waals surface area contributed by atoms with E-state index in [0.29, 0.717) is 6.04 Å². The van der Waals surface area contributed by atoms with E-state index in [-0.39, 0.29) is 0 Å². The molecule has 1 heterocycles. The molecule has 1 saturated carbocycles. The maximum atomic E-state index is 4.00. The maximum absolute atomic E-state index is 4.00. The van der Waals surface area contributed by atoms with Crippen molar-refractivity contribution in [3.8, 4) is 0 Å². The van der Waals surface area contributed by atoms with Crippen molar-refractivity contribution in [2.24, 2.45) is 17.8 Å². The minimum absolute atomic E-state index is 0.670. The summed E-state index contributed by atoms with van der Waals surface area (Å²) in [4.78, 5) is 2.71. The van der Waals surface area contributed by atoms with E-state index in [4.69, 9.17) is 0 Å². The third-order valence-electron chi connectivity index (χ3n) is 5.79. The Morgan fingerprint density at radius 2 is 1.63 bits per heavy atom. The zero-order valence-corrected chi connectivity index (χ0v) is 13.7. The summed E-state index contributed by atoms with van der Waals surface area (Å²) in [6.45, 7) is 14.4. The van der Waals surface area contributed by atoms with Crippen molar-refractivity contribution < 1.29 is 0 Å². The highest BCUT2D eigenvalue weighted by Crippen LogP contribution is 2.36. The molecule has 0 aromatic carbocycles. The van der Waals surface area contributed by atoms with Gasteiger partial charge >= 0.3 is 0 Å². The van der Waals surface area contributed by atoms with Crippen LogP contribution in [0, 0.1) is 17.8 Å². The number of piperidine rings is 1. The molecule has 4 unspecified atom stereocenters. The molecule has 112 valence electrons. The van der Waals surface area contributed by atoms with Crippen LogP contribution in [0.1, 0.15) is 60.3 Å². The van der Waals surface area contributed by atoms with Crippen LogP contribution in [0.15, 0.2) is 0 Å². The van der Waals surface area contributed by atoms with Crippen molar-refractivity contribution in [2.75, 3.05) is 13.1 Å². The van der Waals surface area contributed by atoms with Crippen LogP contribution >= 0.6 is 0 Å². The molecule has 2 nitrogen and oxygen atoms in total. The molecule has 0 aromatic rings. The minimum atomic E-state index is 0.670. The Kier molecular flexibility index (Phi) is 5.30. The highest BCUT2D eigenvalue weighted by molar-refractivity contribution is 4.96. The van der Waals surface area contributed by atoms with Gasteiger partial charge in [0.05, 0.1) is 0 Å². The monoisotopic (exact) mass is 266 g/mol. The average Bonchev–Trinajstić information content (AvgIpc) is 2.36. The van der Waals surface area contributed by atoms with E-state index in [1.54, 1.807) is 0 Å². The topological polar surface area (TPSA) is 15.3 Å². The fourth-order valence-corrected chi connectivity index (χ4v) is 3.99. The van der Waals surface area contributed by atoms with Crippen LogP contribution in [0.2, 0.25) is 0 Å². The number of rotatable bonds is 5. The van der Waals surface area contributed by atoms with Gasteiger partial charge in [-0.1, -0.05) is 26.7 Å². The zero-order valence-electron chi connectivity index (χ0n) is 13.7. The Morgan fingerprint density at radius 1 is 1.05 bits per heavy atom. The lowest BCUT2D eigenvalue weighted by Gasteiger charge is -2.50. The second kappa shape index (κ2) is 6.58. The van der Waals surface area contributed by atoms with Crippen molar-refractivity contribution in [3.63, 3.8) is 0 Å². The number of nitrogens with one attached hydrogen (secondary N) is 1. The molecule has 19 heavy (non-hydrogen) atoms. The highest BCUT2D eigenvalue weighted by atomic mass is 15.2. The third-order valence-corrected chi connectivity index (χ3v) is 5.79. The summed E-state index contributed by atoms with van der Waals surface area (Å²) in [5.41, 5.74) is 0. The first-order valence-electron chi connectivity index (χ1n) is 8.53. The first kappa shape index (κ1) is 15.3. The smallest absolute Gasteiger partial charge is 0.0151 e. The van der Waals surface area contributed by atoms with E-state index < -0.39 is 0 Å². The van der Waals surface area contributed by atoms with Gasteiger partial charge in [-0.15, -0.1) is 0 Å². The summed E-state index contributed by atoms with van der Waals surface area (Å²) in [5.74, 6) is 2.58. The van der Waals surface area contributed by atoms with Crippen LogP contribution in [0.3, 0.4) is 0 Å². The fourth-order valence-electron chi connectivity index (χ4n) is 3.99. The second-order valence-corrected chi connectivity index (χ2v) is 7.37. The van der Waals surface area contributed by atoms with Gasteiger partial charge in [0.15, 0.2) is 0 Å². The van der Waals surface area contributed by atoms with Crippen LogP contribution in [-0.4, -0.2) is 36.1 Å².